The third kappa shape index (κ3) is 2.08. The maximum absolute atomic E-state index is 13.3. The minimum absolute atomic E-state index is 0.298. The number of carbonyl (C=O) groups excluding carboxylic acids is 1. The molecule has 1 aromatic heterocycles. The number of pyridine rings is 1. The van der Waals surface area contributed by atoms with E-state index in [1.165, 1.54) is 13.2 Å². The van der Waals surface area contributed by atoms with Crippen molar-refractivity contribution in [3.63, 3.8) is 0 Å². The van der Waals surface area contributed by atoms with E-state index in [0.29, 0.717) is 28.9 Å². The summed E-state index contributed by atoms with van der Waals surface area (Å²) in [6.07, 6.45) is 1.38. The van der Waals surface area contributed by atoms with Crippen LogP contribution in [0.3, 0.4) is 0 Å². The molecule has 0 saturated heterocycles. The Balaban J connectivity index is 2.43. The number of ether oxygens (including phenoxy) is 1. The Morgan fingerprint density at radius 3 is 2.71 bits per heavy atom. The summed E-state index contributed by atoms with van der Waals surface area (Å²) in [6, 6.07) is 3.00. The lowest BCUT2D eigenvalue weighted by molar-refractivity contribution is -0.153. The van der Waals surface area contributed by atoms with Crippen LogP contribution in [0, 0.1) is 11.9 Å². The minimum Gasteiger partial charge on any atom is -0.468 e. The molecule has 92 valence electrons. The van der Waals surface area contributed by atoms with Crippen molar-refractivity contribution in [2.45, 2.75) is 25.2 Å². The molecule has 0 N–H and O–H groups in total. The van der Waals surface area contributed by atoms with Gasteiger partial charge in [0.05, 0.1) is 12.5 Å². The number of carbonyl (C=O) groups is 1. The van der Waals surface area contributed by atoms with Gasteiger partial charge in [0, 0.05) is 0 Å². The Labute approximate surface area is 108 Å². The van der Waals surface area contributed by atoms with Gasteiger partial charge in [-0.05, 0) is 52.4 Å². The normalized spacial score (nSPS) is 27.4. The summed E-state index contributed by atoms with van der Waals surface area (Å²) < 4.78 is 18.5. The van der Waals surface area contributed by atoms with Crippen LogP contribution in [0.15, 0.2) is 16.7 Å². The SMILES string of the molecule is COC(=O)C1(c2cc(F)nc(Br)c2)CC(C)C1. The smallest absolute Gasteiger partial charge is 0.316 e. The number of methoxy groups -OCH3 is 1. The predicted octanol–water partition coefficient (Wildman–Crippen LogP) is 2.82. The van der Waals surface area contributed by atoms with Gasteiger partial charge < -0.3 is 4.74 Å². The van der Waals surface area contributed by atoms with Gasteiger partial charge in [-0.25, -0.2) is 4.98 Å². The largest absolute Gasteiger partial charge is 0.468 e. The van der Waals surface area contributed by atoms with Crippen molar-refractivity contribution in [3.05, 3.63) is 28.2 Å². The summed E-state index contributed by atoms with van der Waals surface area (Å²) in [5.74, 6) is -0.436. The maximum atomic E-state index is 13.3. The number of esters is 1. The highest BCUT2D eigenvalue weighted by atomic mass is 79.9. The van der Waals surface area contributed by atoms with Crippen LogP contribution in [0.1, 0.15) is 25.3 Å². The highest BCUT2D eigenvalue weighted by Gasteiger charge is 2.51. The second-order valence-corrected chi connectivity index (χ2v) is 5.40. The minimum atomic E-state index is -0.694. The Bertz CT molecular complexity index is 438. The Morgan fingerprint density at radius 2 is 2.24 bits per heavy atom. The van der Waals surface area contributed by atoms with Crippen LogP contribution < -0.4 is 0 Å². The number of hydrogen-bond acceptors (Lipinski definition) is 3. The second kappa shape index (κ2) is 4.37. The third-order valence-corrected chi connectivity index (χ3v) is 3.69. The van der Waals surface area contributed by atoms with E-state index in [9.17, 15) is 9.18 Å². The third-order valence-electron chi connectivity index (χ3n) is 3.29. The number of nitrogens with zero attached hydrogens (tertiary/aromatic N) is 1. The molecule has 0 radical (unpaired) electrons. The average molecular weight is 302 g/mol. The van der Waals surface area contributed by atoms with Gasteiger partial charge in [-0.15, -0.1) is 0 Å². The molecule has 0 aliphatic heterocycles. The van der Waals surface area contributed by atoms with Gasteiger partial charge in [0.15, 0.2) is 0 Å². The molecule has 0 amide bonds. The molecule has 1 aliphatic rings. The van der Waals surface area contributed by atoms with Crippen LogP contribution in [0.25, 0.3) is 0 Å². The van der Waals surface area contributed by atoms with Gasteiger partial charge in [-0.1, -0.05) is 6.92 Å². The van der Waals surface area contributed by atoms with E-state index in [4.69, 9.17) is 4.74 Å². The van der Waals surface area contributed by atoms with E-state index in [2.05, 4.69) is 27.8 Å². The van der Waals surface area contributed by atoms with Crippen molar-refractivity contribution in [2.75, 3.05) is 7.11 Å². The first-order valence-corrected chi connectivity index (χ1v) is 6.19. The van der Waals surface area contributed by atoms with E-state index in [1.807, 2.05) is 0 Å². The van der Waals surface area contributed by atoms with Gasteiger partial charge in [-0.3, -0.25) is 4.79 Å². The number of rotatable bonds is 2. The molecule has 1 heterocycles. The molecular formula is C12H13BrFNO2. The molecule has 0 unspecified atom stereocenters. The van der Waals surface area contributed by atoms with Crippen molar-refractivity contribution >= 4 is 21.9 Å². The lowest BCUT2D eigenvalue weighted by Gasteiger charge is -2.44. The molecule has 0 bridgehead atoms. The fourth-order valence-corrected chi connectivity index (χ4v) is 3.00. The highest BCUT2D eigenvalue weighted by molar-refractivity contribution is 9.10. The molecule has 2 rings (SSSR count). The zero-order chi connectivity index (χ0) is 12.6. The van der Waals surface area contributed by atoms with Crippen molar-refractivity contribution in [1.29, 1.82) is 0 Å². The molecule has 0 spiro atoms. The van der Waals surface area contributed by atoms with E-state index < -0.39 is 11.4 Å². The summed E-state index contributed by atoms with van der Waals surface area (Å²) in [5, 5.41) is 0. The topological polar surface area (TPSA) is 39.2 Å². The van der Waals surface area contributed by atoms with Crippen LogP contribution in [-0.4, -0.2) is 18.1 Å². The molecule has 3 nitrogen and oxygen atoms in total. The van der Waals surface area contributed by atoms with Crippen LogP contribution in [0.4, 0.5) is 4.39 Å². The predicted molar refractivity (Wildman–Crippen MR) is 64.0 cm³/mol. The van der Waals surface area contributed by atoms with Crippen LogP contribution >= 0.6 is 15.9 Å². The summed E-state index contributed by atoms with van der Waals surface area (Å²) >= 11 is 3.14. The lowest BCUT2D eigenvalue weighted by Crippen LogP contribution is -2.47. The van der Waals surface area contributed by atoms with Crippen molar-refractivity contribution < 1.29 is 13.9 Å². The summed E-state index contributed by atoms with van der Waals surface area (Å²) in [6.45, 7) is 2.06. The maximum Gasteiger partial charge on any atom is 0.316 e. The fourth-order valence-electron chi connectivity index (χ4n) is 2.59. The molecule has 0 atom stereocenters. The van der Waals surface area contributed by atoms with E-state index in [1.54, 1.807) is 6.07 Å². The monoisotopic (exact) mass is 301 g/mol. The molecule has 1 aromatic rings. The van der Waals surface area contributed by atoms with Crippen molar-refractivity contribution in [1.82, 2.24) is 4.98 Å². The molecule has 5 heteroatoms. The number of halogens is 2. The molecule has 1 aliphatic carbocycles. The van der Waals surface area contributed by atoms with Crippen molar-refractivity contribution in [2.24, 2.45) is 5.92 Å². The molecular weight excluding hydrogens is 289 g/mol. The molecule has 17 heavy (non-hydrogen) atoms. The van der Waals surface area contributed by atoms with E-state index in [0.717, 1.165) is 0 Å². The van der Waals surface area contributed by atoms with Crippen LogP contribution in [0.5, 0.6) is 0 Å². The van der Waals surface area contributed by atoms with Gasteiger partial charge >= 0.3 is 5.97 Å². The van der Waals surface area contributed by atoms with Crippen LogP contribution in [0.2, 0.25) is 0 Å². The summed E-state index contributed by atoms with van der Waals surface area (Å²) in [4.78, 5) is 15.5. The summed E-state index contributed by atoms with van der Waals surface area (Å²) in [5.41, 5.74) is -0.0534. The summed E-state index contributed by atoms with van der Waals surface area (Å²) in [7, 11) is 1.36. The van der Waals surface area contributed by atoms with Gasteiger partial charge in [0.2, 0.25) is 5.95 Å². The molecule has 0 aromatic carbocycles. The van der Waals surface area contributed by atoms with Gasteiger partial charge in [0.1, 0.15) is 4.60 Å². The van der Waals surface area contributed by atoms with Crippen LogP contribution in [-0.2, 0) is 14.9 Å². The standard InChI is InChI=1S/C12H13BrFNO2/c1-7-5-12(6-7,11(16)17-2)8-3-9(13)15-10(14)4-8/h3-4,7H,5-6H2,1-2H3. The van der Waals surface area contributed by atoms with Crippen molar-refractivity contribution in [3.8, 4) is 0 Å². The number of aromatic nitrogens is 1. The van der Waals surface area contributed by atoms with Gasteiger partial charge in [-0.2, -0.15) is 4.39 Å². The van der Waals surface area contributed by atoms with Gasteiger partial charge in [0.25, 0.3) is 0 Å². The van der Waals surface area contributed by atoms with E-state index in [-0.39, 0.29) is 5.97 Å². The molecule has 1 fully saturated rings. The second-order valence-electron chi connectivity index (χ2n) is 4.59. The zero-order valence-corrected chi connectivity index (χ0v) is 11.3. The number of hydrogen-bond donors (Lipinski definition) is 0. The highest BCUT2D eigenvalue weighted by Crippen LogP contribution is 2.48. The lowest BCUT2D eigenvalue weighted by atomic mass is 9.59. The fraction of sp³-hybridized carbons (Fsp3) is 0.500. The first kappa shape index (κ1) is 12.5. The Hall–Kier alpha value is -0.970. The van der Waals surface area contributed by atoms with E-state index >= 15 is 0 Å². The quantitative estimate of drug-likeness (QED) is 0.623. The molecule has 1 saturated carbocycles. The first-order chi connectivity index (χ1) is 7.98. The first-order valence-electron chi connectivity index (χ1n) is 5.40. The average Bonchev–Trinajstić information content (AvgIpc) is 2.22. The Morgan fingerprint density at radius 1 is 1.59 bits per heavy atom. The zero-order valence-electron chi connectivity index (χ0n) is 9.67. The Kier molecular flexibility index (Phi) is 3.21.